The van der Waals surface area contributed by atoms with Crippen molar-refractivity contribution in [3.63, 3.8) is 0 Å². The zero-order valence-corrected chi connectivity index (χ0v) is 11.9. The monoisotopic (exact) mass is 298 g/mol. The van der Waals surface area contributed by atoms with Gasteiger partial charge in [-0.2, -0.15) is 21.6 Å². The molecule has 0 amide bonds. The maximum atomic E-state index is 12.9. The molecule has 1 aromatic carbocycles. The molecule has 0 spiro atoms. The Labute approximate surface area is 104 Å². The molecule has 1 N–H and O–H groups in total. The van der Waals surface area contributed by atoms with Crippen LogP contribution in [0.5, 0.6) is 0 Å². The van der Waals surface area contributed by atoms with Gasteiger partial charge in [-0.3, -0.25) is 4.55 Å². The molecule has 0 heterocycles. The molecule has 0 bridgehead atoms. The van der Waals surface area contributed by atoms with Gasteiger partial charge in [0, 0.05) is 0 Å². The third kappa shape index (κ3) is 3.12. The van der Waals surface area contributed by atoms with Gasteiger partial charge in [-0.25, -0.2) is 0 Å². The Morgan fingerprint density at radius 3 is 2.00 bits per heavy atom. The van der Waals surface area contributed by atoms with Crippen molar-refractivity contribution >= 4 is 23.4 Å². The van der Waals surface area contributed by atoms with E-state index in [4.69, 9.17) is 4.55 Å². The summed E-state index contributed by atoms with van der Waals surface area (Å²) in [5.74, 6) is 0. The number of hydrogen-bond acceptors (Lipinski definition) is 2. The summed E-state index contributed by atoms with van der Waals surface area (Å²) in [5, 5.41) is -0.292. The maximum Gasteiger partial charge on any atom is 0.416 e. The molecule has 1 rings (SSSR count). The van der Waals surface area contributed by atoms with Gasteiger partial charge in [-0.05, 0) is 11.3 Å². The van der Waals surface area contributed by atoms with Crippen molar-refractivity contribution < 1.29 is 26.1 Å². The molecule has 0 atom stereocenters. The molecule has 1 aromatic rings. The lowest BCUT2D eigenvalue weighted by molar-refractivity contribution is -0.136. The lowest BCUT2D eigenvalue weighted by Gasteiger charge is -2.24. The van der Waals surface area contributed by atoms with E-state index >= 15 is 0 Å². The first-order chi connectivity index (χ1) is 7.85. The van der Waals surface area contributed by atoms with Crippen LogP contribution in [-0.4, -0.2) is 21.0 Å². The van der Waals surface area contributed by atoms with E-state index in [1.54, 1.807) is 19.6 Å². The Kier molecular flexibility index (Phi) is 3.68. The van der Waals surface area contributed by atoms with Gasteiger partial charge in [-0.1, -0.05) is 31.8 Å². The highest BCUT2D eigenvalue weighted by molar-refractivity contribution is 7.86. The average Bonchev–Trinajstić information content (AvgIpc) is 2.12. The second kappa shape index (κ2) is 4.36. The van der Waals surface area contributed by atoms with Crippen molar-refractivity contribution in [2.45, 2.75) is 30.7 Å². The fourth-order valence-corrected chi connectivity index (χ4v) is 5.54. The summed E-state index contributed by atoms with van der Waals surface area (Å²) in [6.45, 7) is 4.77. The minimum absolute atomic E-state index is 0.292. The molecular weight excluding hydrogens is 285 g/mol. The van der Waals surface area contributed by atoms with Crippen molar-refractivity contribution in [2.24, 2.45) is 0 Å². The SMILES string of the molecule is C[Si](C)(C)c1c(C(F)(F)F)cccc1S(=O)(=O)O. The molecule has 0 saturated carbocycles. The van der Waals surface area contributed by atoms with Crippen molar-refractivity contribution in [3.8, 4) is 0 Å². The van der Waals surface area contributed by atoms with E-state index in [-0.39, 0.29) is 5.19 Å². The first-order valence-electron chi connectivity index (χ1n) is 5.03. The number of alkyl halides is 3. The normalized spacial score (nSPS) is 13.7. The van der Waals surface area contributed by atoms with E-state index in [2.05, 4.69) is 0 Å². The molecule has 18 heavy (non-hydrogen) atoms. The summed E-state index contributed by atoms with van der Waals surface area (Å²) < 4.78 is 70.1. The van der Waals surface area contributed by atoms with Crippen molar-refractivity contribution in [1.82, 2.24) is 0 Å². The van der Waals surface area contributed by atoms with Gasteiger partial charge in [-0.15, -0.1) is 0 Å². The van der Waals surface area contributed by atoms with Crippen LogP contribution in [0.1, 0.15) is 5.56 Å². The van der Waals surface area contributed by atoms with Crippen LogP contribution in [0.25, 0.3) is 0 Å². The minimum atomic E-state index is -4.66. The molecule has 0 saturated heterocycles. The first kappa shape index (κ1) is 15.2. The lowest BCUT2D eigenvalue weighted by Crippen LogP contribution is -2.45. The molecule has 102 valence electrons. The Hall–Kier alpha value is -0.863. The number of rotatable bonds is 2. The maximum absolute atomic E-state index is 12.9. The van der Waals surface area contributed by atoms with Gasteiger partial charge in [0.25, 0.3) is 10.1 Å². The van der Waals surface area contributed by atoms with E-state index in [0.29, 0.717) is 0 Å². The highest BCUT2D eigenvalue weighted by atomic mass is 32.2. The van der Waals surface area contributed by atoms with Gasteiger partial charge in [0.05, 0.1) is 18.5 Å². The summed E-state index contributed by atoms with van der Waals surface area (Å²) in [6.07, 6.45) is -4.64. The Bertz CT molecular complexity index is 559. The van der Waals surface area contributed by atoms with E-state index in [1.807, 2.05) is 0 Å². The van der Waals surface area contributed by atoms with Gasteiger partial charge in [0.1, 0.15) is 0 Å². The molecule has 3 nitrogen and oxygen atoms in total. The summed E-state index contributed by atoms with van der Waals surface area (Å²) in [4.78, 5) is -0.642. The van der Waals surface area contributed by atoms with Crippen LogP contribution in [0.2, 0.25) is 19.6 Å². The third-order valence-corrected chi connectivity index (χ3v) is 5.48. The van der Waals surface area contributed by atoms with Crippen molar-refractivity contribution in [1.29, 1.82) is 0 Å². The molecule has 0 aliphatic heterocycles. The van der Waals surface area contributed by atoms with Crippen LogP contribution in [0, 0.1) is 0 Å². The molecule has 0 aliphatic carbocycles. The number of halogens is 3. The van der Waals surface area contributed by atoms with Crippen LogP contribution in [-0.2, 0) is 16.3 Å². The Morgan fingerprint density at radius 2 is 1.67 bits per heavy atom. The standard InChI is InChI=1S/C10H13F3O3SSi/c1-18(2,3)9-7(10(11,12)13)5-4-6-8(9)17(14,15)16/h4-6H,1-3H3,(H,14,15,16). The fraction of sp³-hybridized carbons (Fsp3) is 0.400. The van der Waals surface area contributed by atoms with Crippen LogP contribution in [0.3, 0.4) is 0 Å². The second-order valence-corrected chi connectivity index (χ2v) is 11.3. The Morgan fingerprint density at radius 1 is 1.17 bits per heavy atom. The van der Waals surface area contributed by atoms with Crippen LogP contribution in [0.15, 0.2) is 23.1 Å². The van der Waals surface area contributed by atoms with E-state index in [1.165, 1.54) is 0 Å². The molecular formula is C10H13F3O3SSi. The van der Waals surface area contributed by atoms with Crippen LogP contribution >= 0.6 is 0 Å². The quantitative estimate of drug-likeness (QED) is 0.674. The van der Waals surface area contributed by atoms with E-state index < -0.39 is 34.8 Å². The van der Waals surface area contributed by atoms with Gasteiger partial charge in [0.2, 0.25) is 0 Å². The van der Waals surface area contributed by atoms with E-state index in [0.717, 1.165) is 18.2 Å². The number of benzene rings is 1. The second-order valence-electron chi connectivity index (χ2n) is 4.90. The summed E-state index contributed by atoms with van der Waals surface area (Å²) in [5.41, 5.74) is -0.989. The highest BCUT2D eigenvalue weighted by Crippen LogP contribution is 2.31. The zero-order valence-electron chi connectivity index (χ0n) is 10.0. The first-order valence-corrected chi connectivity index (χ1v) is 9.97. The summed E-state index contributed by atoms with van der Waals surface area (Å²) in [6, 6.07) is 2.82. The van der Waals surface area contributed by atoms with Gasteiger partial charge in [0.15, 0.2) is 0 Å². The summed E-state index contributed by atoms with van der Waals surface area (Å²) >= 11 is 0. The van der Waals surface area contributed by atoms with Gasteiger partial charge < -0.3 is 0 Å². The highest BCUT2D eigenvalue weighted by Gasteiger charge is 2.39. The average molecular weight is 298 g/mol. The van der Waals surface area contributed by atoms with Crippen LogP contribution in [0.4, 0.5) is 13.2 Å². The molecule has 0 aromatic heterocycles. The number of hydrogen-bond donors (Lipinski definition) is 1. The van der Waals surface area contributed by atoms with E-state index in [9.17, 15) is 21.6 Å². The predicted octanol–water partition coefficient (Wildman–Crippen LogP) is 2.50. The lowest BCUT2D eigenvalue weighted by atomic mass is 10.2. The predicted molar refractivity (Wildman–Crippen MR) is 64.2 cm³/mol. The zero-order chi connectivity index (χ0) is 14.4. The minimum Gasteiger partial charge on any atom is -0.282 e. The summed E-state index contributed by atoms with van der Waals surface area (Å²) in [7, 11) is -7.27. The third-order valence-electron chi connectivity index (χ3n) is 2.36. The van der Waals surface area contributed by atoms with Gasteiger partial charge >= 0.3 is 6.18 Å². The van der Waals surface area contributed by atoms with Crippen LogP contribution < -0.4 is 5.19 Å². The smallest absolute Gasteiger partial charge is 0.282 e. The van der Waals surface area contributed by atoms with Crippen molar-refractivity contribution in [2.75, 3.05) is 0 Å². The molecule has 8 heteroatoms. The molecule has 0 aliphatic rings. The largest absolute Gasteiger partial charge is 0.416 e. The molecule has 0 radical (unpaired) electrons. The van der Waals surface area contributed by atoms with Crippen molar-refractivity contribution in [3.05, 3.63) is 23.8 Å². The Balaban J connectivity index is 3.79. The molecule has 0 unspecified atom stereocenters. The fourth-order valence-electron chi connectivity index (χ4n) is 1.76. The topological polar surface area (TPSA) is 54.4 Å². The molecule has 0 fully saturated rings.